The number of carboxylic acid groups (broad SMARTS) is 1. The van der Waals surface area contributed by atoms with Gasteiger partial charge in [0.15, 0.2) is 11.9 Å². The zero-order valence-corrected chi connectivity index (χ0v) is 25.1. The molecule has 2 aromatic carbocycles. The van der Waals surface area contributed by atoms with E-state index in [9.17, 15) is 24.3 Å². The van der Waals surface area contributed by atoms with Gasteiger partial charge in [-0.2, -0.15) is 0 Å². The van der Waals surface area contributed by atoms with Gasteiger partial charge in [-0.05, 0) is 43.2 Å². The van der Waals surface area contributed by atoms with Gasteiger partial charge in [-0.3, -0.25) is 24.4 Å². The fraction of sp³-hybridized carbons (Fsp3) is 0.400. The number of nitrogens with two attached hydrogens (primary N) is 5. The number of aliphatic carboxylic acids is 1. The van der Waals surface area contributed by atoms with Crippen molar-refractivity contribution >= 4 is 35.6 Å². The summed E-state index contributed by atoms with van der Waals surface area (Å²) in [6.07, 6.45) is 1.05. The quantitative estimate of drug-likeness (QED) is 0.0492. The van der Waals surface area contributed by atoms with E-state index < -0.39 is 47.9 Å². The van der Waals surface area contributed by atoms with Crippen molar-refractivity contribution in [1.82, 2.24) is 16.0 Å². The predicted molar refractivity (Wildman–Crippen MR) is 172 cm³/mol. The van der Waals surface area contributed by atoms with Crippen LogP contribution in [0.1, 0.15) is 36.8 Å². The lowest BCUT2D eigenvalue weighted by molar-refractivity contribution is -0.142. The van der Waals surface area contributed by atoms with Crippen molar-refractivity contribution in [2.45, 2.75) is 62.7 Å². The first-order valence-corrected chi connectivity index (χ1v) is 14.5. The summed E-state index contributed by atoms with van der Waals surface area (Å²) in [7, 11) is 0. The van der Waals surface area contributed by atoms with Gasteiger partial charge in [0.1, 0.15) is 18.1 Å². The van der Waals surface area contributed by atoms with Crippen LogP contribution in [0.5, 0.6) is 0 Å². The smallest absolute Gasteiger partial charge is 0.326 e. The number of carbonyl (C=O) groups excluding carboxylic acids is 3. The molecule has 244 valence electrons. The van der Waals surface area contributed by atoms with Crippen molar-refractivity contribution in [3.05, 3.63) is 71.8 Å². The molecule has 0 saturated carbocycles. The number of hydrogen-bond donors (Lipinski definition) is 9. The SMILES string of the molecule is NC(N)=NCCC[C@H](NC(=O)[C@H](CCCN=C(N)N)NC(=O)[C@H](Cc1ccccc1)NC(=O)[C@@H](N)Cc1ccccc1)C(=O)O. The Labute approximate surface area is 262 Å². The molecule has 0 fully saturated rings. The van der Waals surface area contributed by atoms with Gasteiger partial charge in [-0.15, -0.1) is 0 Å². The molecule has 0 heterocycles. The van der Waals surface area contributed by atoms with Gasteiger partial charge in [-0.1, -0.05) is 60.7 Å². The number of carboxylic acids is 1. The highest BCUT2D eigenvalue weighted by Gasteiger charge is 2.30. The predicted octanol–water partition coefficient (Wildman–Crippen LogP) is -1.55. The Bertz CT molecular complexity index is 1300. The number of hydrogen-bond acceptors (Lipinski definition) is 7. The maximum absolute atomic E-state index is 13.6. The van der Waals surface area contributed by atoms with Gasteiger partial charge in [-0.25, -0.2) is 4.79 Å². The van der Waals surface area contributed by atoms with Crippen molar-refractivity contribution in [3.63, 3.8) is 0 Å². The lowest BCUT2D eigenvalue weighted by atomic mass is 10.0. The van der Waals surface area contributed by atoms with E-state index in [2.05, 4.69) is 25.9 Å². The first-order chi connectivity index (χ1) is 21.5. The minimum Gasteiger partial charge on any atom is -0.480 e. The van der Waals surface area contributed by atoms with E-state index in [1.807, 2.05) is 36.4 Å². The van der Waals surface area contributed by atoms with Gasteiger partial charge in [0.05, 0.1) is 6.04 Å². The lowest BCUT2D eigenvalue weighted by Gasteiger charge is -2.25. The second-order valence-electron chi connectivity index (χ2n) is 10.4. The minimum absolute atomic E-state index is 0.0402. The van der Waals surface area contributed by atoms with E-state index in [0.29, 0.717) is 0 Å². The summed E-state index contributed by atoms with van der Waals surface area (Å²) in [5.74, 6) is -3.46. The summed E-state index contributed by atoms with van der Waals surface area (Å²) < 4.78 is 0. The Hall–Kier alpha value is -5.18. The molecule has 14 N–H and O–H groups in total. The second-order valence-corrected chi connectivity index (χ2v) is 10.4. The molecule has 0 aromatic heterocycles. The molecule has 3 amide bonds. The summed E-state index contributed by atoms with van der Waals surface area (Å²) in [5, 5.41) is 17.6. The Balaban J connectivity index is 2.22. The third-order valence-electron chi connectivity index (χ3n) is 6.69. The highest BCUT2D eigenvalue weighted by molar-refractivity contribution is 5.94. The highest BCUT2D eigenvalue weighted by Crippen LogP contribution is 2.08. The summed E-state index contributed by atoms with van der Waals surface area (Å²) >= 11 is 0. The van der Waals surface area contributed by atoms with Crippen LogP contribution in [0.3, 0.4) is 0 Å². The number of amides is 3. The van der Waals surface area contributed by atoms with E-state index >= 15 is 0 Å². The van der Waals surface area contributed by atoms with E-state index in [1.165, 1.54) is 0 Å². The molecular formula is C30H44N10O5. The molecule has 2 rings (SSSR count). The van der Waals surface area contributed by atoms with E-state index in [-0.39, 0.29) is 63.5 Å². The number of guanidine groups is 2. The third-order valence-corrected chi connectivity index (χ3v) is 6.69. The number of benzene rings is 2. The molecule has 15 nitrogen and oxygen atoms in total. The molecular weight excluding hydrogens is 580 g/mol. The van der Waals surface area contributed by atoms with Crippen LogP contribution >= 0.6 is 0 Å². The van der Waals surface area contributed by atoms with Crippen molar-refractivity contribution in [1.29, 1.82) is 0 Å². The Morgan fingerprint density at radius 1 is 0.622 bits per heavy atom. The number of rotatable bonds is 19. The highest BCUT2D eigenvalue weighted by atomic mass is 16.4. The van der Waals surface area contributed by atoms with E-state index in [0.717, 1.165) is 11.1 Å². The zero-order valence-electron chi connectivity index (χ0n) is 25.1. The average molecular weight is 625 g/mol. The molecule has 4 atom stereocenters. The van der Waals surface area contributed by atoms with Crippen molar-refractivity contribution in [2.75, 3.05) is 13.1 Å². The maximum Gasteiger partial charge on any atom is 0.326 e. The summed E-state index contributed by atoms with van der Waals surface area (Å²) in [6.45, 7) is 0.343. The molecule has 0 bridgehead atoms. The van der Waals surface area contributed by atoms with Gasteiger partial charge in [0, 0.05) is 19.5 Å². The largest absolute Gasteiger partial charge is 0.480 e. The molecule has 0 aliphatic carbocycles. The standard InChI is InChI=1S/C30H44N10O5/c31-21(17-19-9-3-1-4-10-19)25(41)40-24(18-20-11-5-2-6-12-20)27(43)38-22(13-7-15-36-29(32)33)26(42)39-23(28(44)45)14-8-16-37-30(34)35/h1-6,9-12,21-24H,7-8,13-18,31H2,(H,38,43)(H,39,42)(H,40,41)(H,44,45)(H4,32,33,36)(H4,34,35,37)/t21-,22-,23-,24-/m0/s1. The van der Waals surface area contributed by atoms with Crippen LogP contribution in [0.4, 0.5) is 0 Å². The lowest BCUT2D eigenvalue weighted by Crippen LogP contribution is -2.57. The van der Waals surface area contributed by atoms with E-state index in [4.69, 9.17) is 28.7 Å². The summed E-state index contributed by atoms with van der Waals surface area (Å²) in [4.78, 5) is 59.7. The molecule has 0 aliphatic rings. The third kappa shape index (κ3) is 14.2. The van der Waals surface area contributed by atoms with Gasteiger partial charge in [0.25, 0.3) is 0 Å². The maximum atomic E-state index is 13.6. The average Bonchev–Trinajstić information content (AvgIpc) is 3.00. The molecule has 0 radical (unpaired) electrons. The molecule has 0 spiro atoms. The number of aliphatic imine (C=N–C) groups is 2. The number of nitrogens with one attached hydrogen (secondary N) is 3. The summed E-state index contributed by atoms with van der Waals surface area (Å²) in [6, 6.07) is 13.8. The fourth-order valence-corrected chi connectivity index (χ4v) is 4.38. The monoisotopic (exact) mass is 624 g/mol. The van der Waals surface area contributed by atoms with Crippen molar-refractivity contribution in [3.8, 4) is 0 Å². The van der Waals surface area contributed by atoms with Crippen LogP contribution in [0, 0.1) is 0 Å². The Kier molecular flexibility index (Phi) is 15.3. The fourth-order valence-electron chi connectivity index (χ4n) is 4.38. The number of nitrogens with zero attached hydrogens (tertiary/aromatic N) is 2. The van der Waals surface area contributed by atoms with Crippen molar-refractivity contribution in [2.24, 2.45) is 38.7 Å². The van der Waals surface area contributed by atoms with Crippen LogP contribution < -0.4 is 44.6 Å². The van der Waals surface area contributed by atoms with Crippen LogP contribution in [0.15, 0.2) is 70.6 Å². The Morgan fingerprint density at radius 2 is 1.04 bits per heavy atom. The first kappa shape index (κ1) is 36.0. The summed E-state index contributed by atoms with van der Waals surface area (Å²) in [5.41, 5.74) is 29.2. The second kappa shape index (κ2) is 19.2. The first-order valence-electron chi connectivity index (χ1n) is 14.5. The molecule has 0 saturated heterocycles. The van der Waals surface area contributed by atoms with E-state index in [1.54, 1.807) is 24.3 Å². The van der Waals surface area contributed by atoms with Crippen LogP contribution in [0.25, 0.3) is 0 Å². The van der Waals surface area contributed by atoms with Crippen LogP contribution in [-0.4, -0.2) is 78.0 Å². The Morgan fingerprint density at radius 3 is 1.53 bits per heavy atom. The zero-order chi connectivity index (χ0) is 33.2. The van der Waals surface area contributed by atoms with Gasteiger partial charge >= 0.3 is 5.97 Å². The van der Waals surface area contributed by atoms with Crippen LogP contribution in [0.2, 0.25) is 0 Å². The molecule has 45 heavy (non-hydrogen) atoms. The number of carbonyl (C=O) groups is 4. The van der Waals surface area contributed by atoms with Crippen LogP contribution in [-0.2, 0) is 32.0 Å². The topological polar surface area (TPSA) is 279 Å². The normalized spacial score (nSPS) is 13.3. The minimum atomic E-state index is -1.26. The van der Waals surface area contributed by atoms with Gasteiger partial charge < -0.3 is 49.7 Å². The molecule has 0 aliphatic heterocycles. The van der Waals surface area contributed by atoms with Crippen molar-refractivity contribution < 1.29 is 24.3 Å². The molecule has 15 heteroatoms. The molecule has 2 aromatic rings. The molecule has 0 unspecified atom stereocenters. The van der Waals surface area contributed by atoms with Gasteiger partial charge in [0.2, 0.25) is 17.7 Å².